The highest BCUT2D eigenvalue weighted by atomic mass is 16.5. The molecular formula is C17H21N5O3. The van der Waals surface area contributed by atoms with Gasteiger partial charge in [0.25, 0.3) is 0 Å². The van der Waals surface area contributed by atoms with E-state index in [1.54, 1.807) is 18.5 Å². The minimum Gasteiger partial charge on any atom is -0.356 e. The van der Waals surface area contributed by atoms with Gasteiger partial charge in [-0.15, -0.1) is 0 Å². The predicted molar refractivity (Wildman–Crippen MR) is 89.3 cm³/mol. The Morgan fingerprint density at radius 1 is 1.24 bits per heavy atom. The number of amides is 2. The van der Waals surface area contributed by atoms with Crippen molar-refractivity contribution in [1.29, 1.82) is 0 Å². The van der Waals surface area contributed by atoms with E-state index in [4.69, 9.17) is 4.52 Å². The number of aryl methyl sites for hydroxylation is 1. The molecule has 1 N–H and O–H groups in total. The molecule has 2 aromatic rings. The SMILES string of the molecule is O=C(CCc1nc(-c2cccnc2)no1)NCCC(=O)N1CCCC1. The molecule has 1 aliphatic rings. The van der Waals surface area contributed by atoms with E-state index in [1.165, 1.54) is 0 Å². The van der Waals surface area contributed by atoms with Crippen molar-refractivity contribution in [2.75, 3.05) is 19.6 Å². The van der Waals surface area contributed by atoms with Crippen LogP contribution in [-0.2, 0) is 16.0 Å². The van der Waals surface area contributed by atoms with Gasteiger partial charge in [0.15, 0.2) is 0 Å². The number of hydrogen-bond acceptors (Lipinski definition) is 6. The Hall–Kier alpha value is -2.77. The highest BCUT2D eigenvalue weighted by Crippen LogP contribution is 2.14. The molecule has 0 aliphatic carbocycles. The highest BCUT2D eigenvalue weighted by Gasteiger charge is 2.17. The zero-order valence-electron chi connectivity index (χ0n) is 14.0. The standard InChI is InChI=1S/C17H21N5O3/c23-14(19-9-7-16(24)22-10-1-2-11-22)5-6-15-20-17(21-25-15)13-4-3-8-18-12-13/h3-4,8,12H,1-2,5-7,9-11H2,(H,19,23). The average molecular weight is 343 g/mol. The summed E-state index contributed by atoms with van der Waals surface area (Å²) in [6.07, 6.45) is 6.41. The number of carbonyl (C=O) groups is 2. The maximum atomic E-state index is 11.9. The van der Waals surface area contributed by atoms with Crippen molar-refractivity contribution in [3.63, 3.8) is 0 Å². The van der Waals surface area contributed by atoms with Crippen molar-refractivity contribution in [2.45, 2.75) is 32.1 Å². The van der Waals surface area contributed by atoms with Crippen molar-refractivity contribution < 1.29 is 14.1 Å². The molecule has 3 heterocycles. The molecule has 0 atom stereocenters. The average Bonchev–Trinajstić information content (AvgIpc) is 3.32. The van der Waals surface area contributed by atoms with Crippen molar-refractivity contribution in [3.05, 3.63) is 30.4 Å². The Morgan fingerprint density at radius 2 is 2.08 bits per heavy atom. The van der Waals surface area contributed by atoms with Gasteiger partial charge in [0, 0.05) is 56.9 Å². The number of pyridine rings is 1. The van der Waals surface area contributed by atoms with Crippen molar-refractivity contribution in [2.24, 2.45) is 0 Å². The Balaban J connectivity index is 1.37. The Morgan fingerprint density at radius 3 is 2.84 bits per heavy atom. The first-order valence-corrected chi connectivity index (χ1v) is 8.50. The number of likely N-dealkylation sites (tertiary alicyclic amines) is 1. The molecule has 8 heteroatoms. The summed E-state index contributed by atoms with van der Waals surface area (Å²) in [5.74, 6) is 0.841. The second-order valence-corrected chi connectivity index (χ2v) is 5.94. The lowest BCUT2D eigenvalue weighted by Gasteiger charge is -2.15. The first-order valence-electron chi connectivity index (χ1n) is 8.50. The van der Waals surface area contributed by atoms with Crippen LogP contribution in [0.25, 0.3) is 11.4 Å². The maximum absolute atomic E-state index is 11.9. The topological polar surface area (TPSA) is 101 Å². The maximum Gasteiger partial charge on any atom is 0.227 e. The lowest BCUT2D eigenvalue weighted by molar-refractivity contribution is -0.130. The van der Waals surface area contributed by atoms with Gasteiger partial charge in [0.1, 0.15) is 0 Å². The van der Waals surface area contributed by atoms with Gasteiger partial charge in [-0.1, -0.05) is 5.16 Å². The van der Waals surface area contributed by atoms with Gasteiger partial charge < -0.3 is 14.7 Å². The minimum atomic E-state index is -0.129. The number of nitrogens with zero attached hydrogens (tertiary/aromatic N) is 4. The predicted octanol–water partition coefficient (Wildman–Crippen LogP) is 1.19. The van der Waals surface area contributed by atoms with Gasteiger partial charge >= 0.3 is 0 Å². The Bertz CT molecular complexity index is 710. The number of nitrogens with one attached hydrogen (secondary N) is 1. The van der Waals surface area contributed by atoms with Gasteiger partial charge in [-0.2, -0.15) is 4.98 Å². The summed E-state index contributed by atoms with van der Waals surface area (Å²) in [6.45, 7) is 2.03. The van der Waals surface area contributed by atoms with Gasteiger partial charge in [-0.25, -0.2) is 0 Å². The van der Waals surface area contributed by atoms with Gasteiger partial charge in [-0.05, 0) is 25.0 Å². The van der Waals surface area contributed by atoms with Gasteiger partial charge in [0.2, 0.25) is 23.5 Å². The molecule has 0 spiro atoms. The molecule has 0 saturated carbocycles. The fourth-order valence-corrected chi connectivity index (χ4v) is 2.71. The fourth-order valence-electron chi connectivity index (χ4n) is 2.71. The van der Waals surface area contributed by atoms with Crippen LogP contribution in [0.5, 0.6) is 0 Å². The van der Waals surface area contributed by atoms with E-state index >= 15 is 0 Å². The van der Waals surface area contributed by atoms with E-state index in [0.29, 0.717) is 31.1 Å². The van der Waals surface area contributed by atoms with Crippen LogP contribution >= 0.6 is 0 Å². The molecule has 2 aromatic heterocycles. The van der Waals surface area contributed by atoms with Crippen LogP contribution in [0.4, 0.5) is 0 Å². The third kappa shape index (κ3) is 4.85. The summed E-state index contributed by atoms with van der Waals surface area (Å²) in [5.41, 5.74) is 0.766. The van der Waals surface area contributed by atoms with E-state index in [1.807, 2.05) is 11.0 Å². The van der Waals surface area contributed by atoms with Crippen molar-refractivity contribution in [1.82, 2.24) is 25.3 Å². The monoisotopic (exact) mass is 343 g/mol. The van der Waals surface area contributed by atoms with E-state index in [9.17, 15) is 9.59 Å². The van der Waals surface area contributed by atoms with Gasteiger partial charge in [-0.3, -0.25) is 14.6 Å². The molecule has 132 valence electrons. The van der Waals surface area contributed by atoms with E-state index < -0.39 is 0 Å². The van der Waals surface area contributed by atoms with Crippen LogP contribution in [0.2, 0.25) is 0 Å². The van der Waals surface area contributed by atoms with E-state index in [2.05, 4.69) is 20.4 Å². The summed E-state index contributed by atoms with van der Waals surface area (Å²) in [7, 11) is 0. The van der Waals surface area contributed by atoms with Crippen LogP contribution in [0.1, 0.15) is 31.6 Å². The Kier molecular flexibility index (Phi) is 5.71. The second-order valence-electron chi connectivity index (χ2n) is 5.94. The molecule has 0 radical (unpaired) electrons. The van der Waals surface area contributed by atoms with Crippen molar-refractivity contribution >= 4 is 11.8 Å². The first kappa shape index (κ1) is 17.1. The molecule has 25 heavy (non-hydrogen) atoms. The van der Waals surface area contributed by atoms with Crippen LogP contribution in [0.15, 0.2) is 29.0 Å². The molecule has 2 amide bonds. The molecule has 3 rings (SSSR count). The first-order chi connectivity index (χ1) is 12.2. The number of aromatic nitrogens is 3. The number of rotatable bonds is 7. The summed E-state index contributed by atoms with van der Waals surface area (Å²) < 4.78 is 5.15. The zero-order chi connectivity index (χ0) is 17.5. The van der Waals surface area contributed by atoms with Crippen LogP contribution < -0.4 is 5.32 Å². The Labute approximate surface area is 145 Å². The highest BCUT2D eigenvalue weighted by molar-refractivity contribution is 5.79. The molecule has 0 bridgehead atoms. The van der Waals surface area contributed by atoms with Crippen molar-refractivity contribution in [3.8, 4) is 11.4 Å². The number of hydrogen-bond donors (Lipinski definition) is 1. The summed E-state index contributed by atoms with van der Waals surface area (Å²) in [4.78, 5) is 33.9. The number of carbonyl (C=O) groups excluding carboxylic acids is 2. The molecule has 0 aromatic carbocycles. The molecular weight excluding hydrogens is 322 g/mol. The summed E-state index contributed by atoms with van der Waals surface area (Å²) >= 11 is 0. The molecule has 1 aliphatic heterocycles. The minimum absolute atomic E-state index is 0.107. The lowest BCUT2D eigenvalue weighted by atomic mass is 10.2. The lowest BCUT2D eigenvalue weighted by Crippen LogP contribution is -2.32. The molecule has 0 unspecified atom stereocenters. The summed E-state index contributed by atoms with van der Waals surface area (Å²) in [5, 5.41) is 6.65. The van der Waals surface area contributed by atoms with E-state index in [0.717, 1.165) is 31.5 Å². The van der Waals surface area contributed by atoms with Crippen LogP contribution in [0.3, 0.4) is 0 Å². The summed E-state index contributed by atoms with van der Waals surface area (Å²) in [6, 6.07) is 3.63. The normalized spacial score (nSPS) is 13.8. The quantitative estimate of drug-likeness (QED) is 0.810. The van der Waals surface area contributed by atoms with Gasteiger partial charge in [0.05, 0.1) is 0 Å². The third-order valence-electron chi connectivity index (χ3n) is 4.07. The largest absolute Gasteiger partial charge is 0.356 e. The fraction of sp³-hybridized carbons (Fsp3) is 0.471. The third-order valence-corrected chi connectivity index (χ3v) is 4.07. The second kappa shape index (κ2) is 8.36. The van der Waals surface area contributed by atoms with E-state index in [-0.39, 0.29) is 18.2 Å². The molecule has 8 nitrogen and oxygen atoms in total. The molecule has 1 fully saturated rings. The zero-order valence-corrected chi connectivity index (χ0v) is 14.0. The van der Waals surface area contributed by atoms with Crippen LogP contribution in [0, 0.1) is 0 Å². The van der Waals surface area contributed by atoms with Crippen LogP contribution in [-0.4, -0.2) is 51.5 Å². The molecule has 1 saturated heterocycles. The smallest absolute Gasteiger partial charge is 0.227 e.